The summed E-state index contributed by atoms with van der Waals surface area (Å²) < 4.78 is 14.2. The van der Waals surface area contributed by atoms with E-state index >= 15 is 0 Å². The SMILES string of the molecule is CN(C)c1ccc(C(N)c2ccccc2)c(N)c1F. The molecule has 0 saturated carbocycles. The highest BCUT2D eigenvalue weighted by molar-refractivity contribution is 5.63. The number of nitrogen functional groups attached to an aromatic ring is 1. The fourth-order valence-electron chi connectivity index (χ4n) is 2.05. The van der Waals surface area contributed by atoms with E-state index in [-0.39, 0.29) is 5.69 Å². The minimum atomic E-state index is -0.424. The number of nitrogens with two attached hydrogens (primary N) is 2. The first-order chi connectivity index (χ1) is 9.02. The van der Waals surface area contributed by atoms with Gasteiger partial charge in [0.15, 0.2) is 5.82 Å². The van der Waals surface area contributed by atoms with Crippen LogP contribution in [0.4, 0.5) is 15.8 Å². The van der Waals surface area contributed by atoms with Crippen LogP contribution < -0.4 is 16.4 Å². The highest BCUT2D eigenvalue weighted by Gasteiger charge is 2.17. The van der Waals surface area contributed by atoms with Gasteiger partial charge in [0.05, 0.1) is 17.4 Å². The van der Waals surface area contributed by atoms with Gasteiger partial charge in [-0.1, -0.05) is 36.4 Å². The zero-order valence-electron chi connectivity index (χ0n) is 11.1. The summed E-state index contributed by atoms with van der Waals surface area (Å²) >= 11 is 0. The van der Waals surface area contributed by atoms with Crippen molar-refractivity contribution in [3.63, 3.8) is 0 Å². The van der Waals surface area contributed by atoms with Crippen molar-refractivity contribution in [3.8, 4) is 0 Å². The molecule has 1 unspecified atom stereocenters. The van der Waals surface area contributed by atoms with Gasteiger partial charge in [-0.3, -0.25) is 0 Å². The minimum Gasteiger partial charge on any atom is -0.396 e. The Kier molecular flexibility index (Phi) is 3.71. The summed E-state index contributed by atoms with van der Waals surface area (Å²) in [5.74, 6) is -0.422. The van der Waals surface area contributed by atoms with Gasteiger partial charge in [0, 0.05) is 14.1 Å². The predicted molar refractivity (Wildman–Crippen MR) is 77.6 cm³/mol. The van der Waals surface area contributed by atoms with Crippen molar-refractivity contribution in [1.82, 2.24) is 0 Å². The normalized spacial score (nSPS) is 12.2. The van der Waals surface area contributed by atoms with Crippen LogP contribution in [0.3, 0.4) is 0 Å². The predicted octanol–water partition coefficient (Wildman–Crippen LogP) is 2.52. The van der Waals surface area contributed by atoms with Crippen LogP contribution >= 0.6 is 0 Å². The van der Waals surface area contributed by atoms with Crippen LogP contribution in [0.1, 0.15) is 17.2 Å². The minimum absolute atomic E-state index is 0.113. The highest BCUT2D eigenvalue weighted by atomic mass is 19.1. The number of benzene rings is 2. The summed E-state index contributed by atoms with van der Waals surface area (Å²) in [6, 6.07) is 12.6. The Hall–Kier alpha value is -2.07. The summed E-state index contributed by atoms with van der Waals surface area (Å²) in [6.45, 7) is 0. The van der Waals surface area contributed by atoms with Crippen molar-refractivity contribution in [2.24, 2.45) is 5.73 Å². The second kappa shape index (κ2) is 5.28. The Morgan fingerprint density at radius 2 is 1.68 bits per heavy atom. The molecular weight excluding hydrogens is 241 g/mol. The fourth-order valence-corrected chi connectivity index (χ4v) is 2.05. The first kappa shape index (κ1) is 13.4. The molecular formula is C15H18FN3. The first-order valence-electron chi connectivity index (χ1n) is 6.08. The summed E-state index contributed by atoms with van der Waals surface area (Å²) in [6.07, 6.45) is 0. The van der Waals surface area contributed by atoms with Gasteiger partial charge in [-0.15, -0.1) is 0 Å². The number of anilines is 2. The third-order valence-electron chi connectivity index (χ3n) is 3.17. The van der Waals surface area contributed by atoms with Crippen molar-refractivity contribution in [3.05, 3.63) is 59.4 Å². The summed E-state index contributed by atoms with van der Waals surface area (Å²) in [4.78, 5) is 1.68. The molecule has 0 saturated heterocycles. The molecule has 0 amide bonds. The Labute approximate surface area is 112 Å². The van der Waals surface area contributed by atoms with Gasteiger partial charge in [-0.25, -0.2) is 4.39 Å². The molecule has 2 aromatic carbocycles. The van der Waals surface area contributed by atoms with Gasteiger partial charge < -0.3 is 16.4 Å². The van der Waals surface area contributed by atoms with Crippen molar-refractivity contribution >= 4 is 11.4 Å². The molecule has 2 aromatic rings. The van der Waals surface area contributed by atoms with Gasteiger partial charge in [-0.05, 0) is 17.2 Å². The number of nitrogens with zero attached hydrogens (tertiary/aromatic N) is 1. The third kappa shape index (κ3) is 2.53. The van der Waals surface area contributed by atoms with E-state index in [9.17, 15) is 4.39 Å². The molecule has 0 aliphatic heterocycles. The Balaban J connectivity index is 2.44. The van der Waals surface area contributed by atoms with Gasteiger partial charge in [0.2, 0.25) is 0 Å². The molecule has 0 radical (unpaired) electrons. The molecule has 4 N–H and O–H groups in total. The van der Waals surface area contributed by atoms with Crippen LogP contribution in [0.5, 0.6) is 0 Å². The topological polar surface area (TPSA) is 55.3 Å². The van der Waals surface area contributed by atoms with E-state index in [0.29, 0.717) is 11.3 Å². The van der Waals surface area contributed by atoms with Gasteiger partial charge in [0.25, 0.3) is 0 Å². The lowest BCUT2D eigenvalue weighted by Crippen LogP contribution is -2.17. The lowest BCUT2D eigenvalue weighted by atomic mass is 9.97. The molecule has 0 heterocycles. The van der Waals surface area contributed by atoms with E-state index < -0.39 is 11.9 Å². The van der Waals surface area contributed by atoms with Crippen molar-refractivity contribution in [2.75, 3.05) is 24.7 Å². The van der Waals surface area contributed by atoms with E-state index in [0.717, 1.165) is 5.56 Å². The molecule has 2 rings (SSSR count). The highest BCUT2D eigenvalue weighted by Crippen LogP contribution is 2.31. The molecule has 1 atom stereocenters. The van der Waals surface area contributed by atoms with Crippen molar-refractivity contribution in [2.45, 2.75) is 6.04 Å². The molecule has 100 valence electrons. The quantitative estimate of drug-likeness (QED) is 0.833. The summed E-state index contributed by atoms with van der Waals surface area (Å²) in [7, 11) is 3.54. The molecule has 0 spiro atoms. The van der Waals surface area contributed by atoms with E-state index in [1.165, 1.54) is 0 Å². The van der Waals surface area contributed by atoms with E-state index in [1.807, 2.05) is 30.3 Å². The molecule has 3 nitrogen and oxygen atoms in total. The lowest BCUT2D eigenvalue weighted by molar-refractivity contribution is 0.627. The molecule has 4 heteroatoms. The lowest BCUT2D eigenvalue weighted by Gasteiger charge is -2.20. The zero-order valence-corrected chi connectivity index (χ0v) is 11.1. The smallest absolute Gasteiger partial charge is 0.169 e. The Morgan fingerprint density at radius 1 is 1.05 bits per heavy atom. The average Bonchev–Trinajstić information content (AvgIpc) is 2.41. The summed E-state index contributed by atoms with van der Waals surface area (Å²) in [5.41, 5.74) is 14.1. The van der Waals surface area contributed by atoms with E-state index in [2.05, 4.69) is 0 Å². The Morgan fingerprint density at radius 3 is 2.26 bits per heavy atom. The largest absolute Gasteiger partial charge is 0.396 e. The first-order valence-corrected chi connectivity index (χ1v) is 6.08. The average molecular weight is 259 g/mol. The van der Waals surface area contributed by atoms with E-state index in [1.54, 1.807) is 31.1 Å². The van der Waals surface area contributed by atoms with Gasteiger partial charge in [0.1, 0.15) is 0 Å². The molecule has 0 bridgehead atoms. The second-order valence-corrected chi connectivity index (χ2v) is 4.68. The third-order valence-corrected chi connectivity index (χ3v) is 3.17. The monoisotopic (exact) mass is 259 g/mol. The maximum absolute atomic E-state index is 14.2. The van der Waals surface area contributed by atoms with Gasteiger partial charge >= 0.3 is 0 Å². The zero-order chi connectivity index (χ0) is 14.0. The van der Waals surface area contributed by atoms with Gasteiger partial charge in [-0.2, -0.15) is 0 Å². The van der Waals surface area contributed by atoms with Crippen LogP contribution in [0.2, 0.25) is 0 Å². The standard InChI is InChI=1S/C15H18FN3/c1-19(2)12-9-8-11(15(18)13(12)16)14(17)10-6-4-3-5-7-10/h3-9,14H,17-18H2,1-2H3. The number of halogens is 1. The van der Waals surface area contributed by atoms with Crippen LogP contribution in [-0.4, -0.2) is 14.1 Å². The van der Waals surface area contributed by atoms with Crippen LogP contribution in [0, 0.1) is 5.82 Å². The fraction of sp³-hybridized carbons (Fsp3) is 0.200. The van der Waals surface area contributed by atoms with E-state index in [4.69, 9.17) is 11.5 Å². The van der Waals surface area contributed by atoms with Crippen molar-refractivity contribution in [1.29, 1.82) is 0 Å². The Bertz CT molecular complexity index is 567. The molecule has 0 aliphatic rings. The molecule has 0 aromatic heterocycles. The van der Waals surface area contributed by atoms with Crippen LogP contribution in [0.25, 0.3) is 0 Å². The number of hydrogen-bond acceptors (Lipinski definition) is 3. The maximum atomic E-state index is 14.2. The number of rotatable bonds is 3. The maximum Gasteiger partial charge on any atom is 0.169 e. The molecule has 19 heavy (non-hydrogen) atoms. The summed E-state index contributed by atoms with van der Waals surface area (Å²) in [5, 5.41) is 0. The molecule has 0 aliphatic carbocycles. The van der Waals surface area contributed by atoms with Crippen LogP contribution in [-0.2, 0) is 0 Å². The molecule has 0 fully saturated rings. The number of hydrogen-bond donors (Lipinski definition) is 2. The van der Waals surface area contributed by atoms with Crippen LogP contribution in [0.15, 0.2) is 42.5 Å². The van der Waals surface area contributed by atoms with Crippen molar-refractivity contribution < 1.29 is 4.39 Å². The second-order valence-electron chi connectivity index (χ2n) is 4.68.